The van der Waals surface area contributed by atoms with E-state index in [1.165, 1.54) is 21.3 Å². The molecule has 1 aromatic heterocycles. The van der Waals surface area contributed by atoms with Gasteiger partial charge in [0.15, 0.2) is 11.5 Å². The Balaban J connectivity index is 1.56. The fourth-order valence-corrected chi connectivity index (χ4v) is 3.22. The van der Waals surface area contributed by atoms with E-state index in [9.17, 15) is 9.59 Å². The Kier molecular flexibility index (Phi) is 6.89. The van der Waals surface area contributed by atoms with Gasteiger partial charge in [-0.2, -0.15) is 0 Å². The summed E-state index contributed by atoms with van der Waals surface area (Å²) in [6.07, 6.45) is 4.97. The number of methoxy groups -OCH3 is 3. The van der Waals surface area contributed by atoms with Gasteiger partial charge in [0, 0.05) is 44.1 Å². The topological polar surface area (TPSA) is 106 Å². The molecular weight excluding hydrogens is 390 g/mol. The molecule has 0 aliphatic carbocycles. The Morgan fingerprint density at radius 1 is 1.00 bits per heavy atom. The first-order valence-corrected chi connectivity index (χ1v) is 9.44. The molecule has 0 unspecified atom stereocenters. The van der Waals surface area contributed by atoms with Crippen LogP contribution in [0.1, 0.15) is 10.4 Å². The van der Waals surface area contributed by atoms with Crippen LogP contribution in [-0.4, -0.2) is 80.7 Å². The molecule has 30 heavy (non-hydrogen) atoms. The van der Waals surface area contributed by atoms with E-state index in [0.29, 0.717) is 49.0 Å². The third-order valence-corrected chi connectivity index (χ3v) is 4.83. The number of rotatable bonds is 7. The van der Waals surface area contributed by atoms with E-state index in [-0.39, 0.29) is 12.5 Å². The summed E-state index contributed by atoms with van der Waals surface area (Å²) in [5, 5.41) is 2.66. The summed E-state index contributed by atoms with van der Waals surface area (Å²) in [5.41, 5.74) is 0.310. The predicted octanol–water partition coefficient (Wildman–Crippen LogP) is 0.581. The number of nitrogens with zero attached hydrogens (tertiary/aromatic N) is 4. The first-order chi connectivity index (χ1) is 14.6. The molecule has 10 heteroatoms. The molecule has 1 aliphatic heterocycles. The van der Waals surface area contributed by atoms with Crippen molar-refractivity contribution in [3.8, 4) is 17.2 Å². The largest absolute Gasteiger partial charge is 0.493 e. The van der Waals surface area contributed by atoms with Gasteiger partial charge in [-0.05, 0) is 12.1 Å². The van der Waals surface area contributed by atoms with E-state index in [2.05, 4.69) is 20.2 Å². The number of hydrogen-bond donors (Lipinski definition) is 1. The maximum atomic E-state index is 12.5. The van der Waals surface area contributed by atoms with Crippen LogP contribution < -0.4 is 24.4 Å². The molecule has 3 rings (SSSR count). The van der Waals surface area contributed by atoms with Crippen molar-refractivity contribution in [2.45, 2.75) is 0 Å². The minimum atomic E-state index is -0.402. The Hall–Kier alpha value is -3.56. The molecule has 0 radical (unpaired) electrons. The molecule has 2 heterocycles. The molecular formula is C20H25N5O5. The van der Waals surface area contributed by atoms with Crippen molar-refractivity contribution in [3.63, 3.8) is 0 Å². The molecule has 0 saturated carbocycles. The van der Waals surface area contributed by atoms with Crippen LogP contribution in [-0.2, 0) is 4.79 Å². The Labute approximate surface area is 174 Å². The van der Waals surface area contributed by atoms with Crippen LogP contribution in [0.15, 0.2) is 30.7 Å². The van der Waals surface area contributed by atoms with E-state index in [0.717, 1.165) is 5.82 Å². The molecule has 1 aromatic carbocycles. The van der Waals surface area contributed by atoms with Gasteiger partial charge in [-0.15, -0.1) is 0 Å². The maximum absolute atomic E-state index is 12.5. The number of nitrogens with one attached hydrogen (secondary N) is 1. The molecule has 160 valence electrons. The first-order valence-electron chi connectivity index (χ1n) is 9.44. The third-order valence-electron chi connectivity index (χ3n) is 4.83. The number of hydrogen-bond acceptors (Lipinski definition) is 8. The summed E-state index contributed by atoms with van der Waals surface area (Å²) in [7, 11) is 4.44. The van der Waals surface area contributed by atoms with Gasteiger partial charge in [-0.3, -0.25) is 14.6 Å². The van der Waals surface area contributed by atoms with Crippen molar-refractivity contribution in [2.75, 3.05) is 59.0 Å². The van der Waals surface area contributed by atoms with Crippen LogP contribution in [0.25, 0.3) is 0 Å². The van der Waals surface area contributed by atoms with E-state index < -0.39 is 5.91 Å². The molecule has 0 atom stereocenters. The summed E-state index contributed by atoms with van der Waals surface area (Å²) < 4.78 is 15.8. The van der Waals surface area contributed by atoms with Crippen LogP contribution >= 0.6 is 0 Å². The highest BCUT2D eigenvalue weighted by molar-refractivity contribution is 5.97. The highest BCUT2D eigenvalue weighted by Gasteiger charge is 2.23. The maximum Gasteiger partial charge on any atom is 0.251 e. The number of anilines is 1. The zero-order chi connectivity index (χ0) is 21.5. The predicted molar refractivity (Wildman–Crippen MR) is 109 cm³/mol. The van der Waals surface area contributed by atoms with Crippen molar-refractivity contribution in [1.29, 1.82) is 0 Å². The van der Waals surface area contributed by atoms with Crippen LogP contribution in [0.2, 0.25) is 0 Å². The zero-order valence-corrected chi connectivity index (χ0v) is 17.3. The number of benzene rings is 1. The molecule has 1 aliphatic rings. The minimum Gasteiger partial charge on any atom is -0.493 e. The lowest BCUT2D eigenvalue weighted by molar-refractivity contribution is -0.130. The van der Waals surface area contributed by atoms with Gasteiger partial charge < -0.3 is 29.3 Å². The van der Waals surface area contributed by atoms with Crippen molar-refractivity contribution in [2.24, 2.45) is 0 Å². The second-order valence-corrected chi connectivity index (χ2v) is 6.53. The molecule has 0 bridgehead atoms. The third kappa shape index (κ3) is 4.70. The summed E-state index contributed by atoms with van der Waals surface area (Å²) in [4.78, 5) is 37.2. The highest BCUT2D eigenvalue weighted by Crippen LogP contribution is 2.38. The van der Waals surface area contributed by atoms with Gasteiger partial charge in [0.25, 0.3) is 5.91 Å². The molecule has 1 saturated heterocycles. The fourth-order valence-electron chi connectivity index (χ4n) is 3.22. The van der Waals surface area contributed by atoms with Gasteiger partial charge in [-0.25, -0.2) is 4.98 Å². The minimum absolute atomic E-state index is 0.0966. The first kappa shape index (κ1) is 21.2. The quantitative estimate of drug-likeness (QED) is 0.700. The molecule has 2 amide bonds. The van der Waals surface area contributed by atoms with Gasteiger partial charge in [0.2, 0.25) is 11.7 Å². The van der Waals surface area contributed by atoms with Crippen molar-refractivity contribution >= 4 is 17.6 Å². The SMILES string of the molecule is COc1cc(C(=O)NCC(=O)N2CCN(c3cnccn3)CC2)cc(OC)c1OC. The summed E-state index contributed by atoms with van der Waals surface area (Å²) >= 11 is 0. The molecule has 2 aromatic rings. The van der Waals surface area contributed by atoms with Crippen molar-refractivity contribution in [3.05, 3.63) is 36.3 Å². The molecule has 10 nitrogen and oxygen atoms in total. The molecule has 1 fully saturated rings. The number of carbonyl (C=O) groups excluding carboxylic acids is 2. The monoisotopic (exact) mass is 415 g/mol. The van der Waals surface area contributed by atoms with Gasteiger partial charge in [0.1, 0.15) is 5.82 Å². The average Bonchev–Trinajstić information content (AvgIpc) is 2.81. The highest BCUT2D eigenvalue weighted by atomic mass is 16.5. The number of amides is 2. The van der Waals surface area contributed by atoms with Crippen LogP contribution in [0.5, 0.6) is 17.2 Å². The average molecular weight is 415 g/mol. The van der Waals surface area contributed by atoms with Crippen molar-refractivity contribution in [1.82, 2.24) is 20.2 Å². The lowest BCUT2D eigenvalue weighted by atomic mass is 10.1. The van der Waals surface area contributed by atoms with Gasteiger partial charge >= 0.3 is 0 Å². The second kappa shape index (κ2) is 9.77. The number of aromatic nitrogens is 2. The standard InChI is InChI=1S/C20H25N5O5/c1-28-15-10-14(11-16(29-2)19(15)30-3)20(27)23-13-18(26)25-8-6-24(7-9-25)17-12-21-4-5-22-17/h4-5,10-12H,6-9,13H2,1-3H3,(H,23,27). The molecule has 0 spiro atoms. The van der Waals surface area contributed by atoms with E-state index in [1.54, 1.807) is 35.6 Å². The second-order valence-electron chi connectivity index (χ2n) is 6.53. The smallest absolute Gasteiger partial charge is 0.251 e. The summed E-state index contributed by atoms with van der Waals surface area (Å²) in [6.45, 7) is 2.32. The Morgan fingerprint density at radius 3 is 2.20 bits per heavy atom. The van der Waals surface area contributed by atoms with Crippen LogP contribution in [0.4, 0.5) is 5.82 Å². The number of carbonyl (C=O) groups is 2. The van der Waals surface area contributed by atoms with Crippen molar-refractivity contribution < 1.29 is 23.8 Å². The van der Waals surface area contributed by atoms with E-state index in [1.807, 2.05) is 0 Å². The molecule has 1 N–H and O–H groups in total. The van der Waals surface area contributed by atoms with Crippen LogP contribution in [0.3, 0.4) is 0 Å². The summed E-state index contributed by atoms with van der Waals surface area (Å²) in [5.74, 6) is 1.38. The van der Waals surface area contributed by atoms with Gasteiger partial charge in [-0.1, -0.05) is 0 Å². The summed E-state index contributed by atoms with van der Waals surface area (Å²) in [6, 6.07) is 3.08. The Bertz CT molecular complexity index is 859. The Morgan fingerprint density at radius 2 is 1.67 bits per heavy atom. The fraction of sp³-hybridized carbons (Fsp3) is 0.400. The number of ether oxygens (including phenoxy) is 3. The lowest BCUT2D eigenvalue weighted by Gasteiger charge is -2.35. The van der Waals surface area contributed by atoms with E-state index in [4.69, 9.17) is 14.2 Å². The normalized spacial score (nSPS) is 13.6. The number of piperazine rings is 1. The van der Waals surface area contributed by atoms with E-state index >= 15 is 0 Å². The zero-order valence-electron chi connectivity index (χ0n) is 17.3. The van der Waals surface area contributed by atoms with Crippen LogP contribution in [0, 0.1) is 0 Å². The lowest BCUT2D eigenvalue weighted by Crippen LogP contribution is -2.51. The van der Waals surface area contributed by atoms with Gasteiger partial charge in [0.05, 0.1) is 34.1 Å².